The van der Waals surface area contributed by atoms with Crippen molar-refractivity contribution in [2.24, 2.45) is 0 Å². The summed E-state index contributed by atoms with van der Waals surface area (Å²) in [6, 6.07) is 38.0. The van der Waals surface area contributed by atoms with E-state index in [0.717, 1.165) is 22.4 Å². The molecular weight excluding hydrogens is 508 g/mol. The number of carbonyl (C=O) groups is 2. The average molecular weight is 541 g/mol. The van der Waals surface area contributed by atoms with Gasteiger partial charge in [-0.3, -0.25) is 14.6 Å². The molecule has 5 heteroatoms. The van der Waals surface area contributed by atoms with Gasteiger partial charge in [-0.2, -0.15) is 0 Å². The van der Waals surface area contributed by atoms with Crippen molar-refractivity contribution in [2.45, 2.75) is 37.5 Å². The van der Waals surface area contributed by atoms with Crippen LogP contribution in [0.25, 0.3) is 0 Å². The number of allylic oxidation sites excluding steroid dienone is 2. The zero-order chi connectivity index (χ0) is 28.7. The van der Waals surface area contributed by atoms with Crippen molar-refractivity contribution < 1.29 is 14.3 Å². The van der Waals surface area contributed by atoms with Gasteiger partial charge in [-0.25, -0.2) is 4.79 Å². The summed E-state index contributed by atoms with van der Waals surface area (Å²) < 4.78 is 5.83. The molecule has 41 heavy (non-hydrogen) atoms. The van der Waals surface area contributed by atoms with Crippen LogP contribution in [0.4, 0.5) is 10.5 Å². The van der Waals surface area contributed by atoms with Gasteiger partial charge in [0.15, 0.2) is 5.54 Å². The molecule has 4 aromatic carbocycles. The topological polar surface area (TPSA) is 49.9 Å². The van der Waals surface area contributed by atoms with E-state index in [0.29, 0.717) is 5.56 Å². The Bertz CT molecular complexity index is 1540. The maximum absolute atomic E-state index is 15.4. The second kappa shape index (κ2) is 9.93. The summed E-state index contributed by atoms with van der Waals surface area (Å²) in [4.78, 5) is 32.4. The molecule has 2 aliphatic rings. The average Bonchev–Trinajstić information content (AvgIpc) is 3.23. The van der Waals surface area contributed by atoms with Crippen molar-refractivity contribution >= 4 is 17.7 Å². The van der Waals surface area contributed by atoms with Gasteiger partial charge in [-0.1, -0.05) is 115 Å². The lowest BCUT2D eigenvalue weighted by atomic mass is 9.75. The minimum Gasteiger partial charge on any atom is -0.443 e. The smallest absolute Gasteiger partial charge is 0.415 e. The Kier molecular flexibility index (Phi) is 6.38. The van der Waals surface area contributed by atoms with Crippen molar-refractivity contribution in [2.75, 3.05) is 4.90 Å². The van der Waals surface area contributed by atoms with Crippen molar-refractivity contribution in [3.05, 3.63) is 162 Å². The van der Waals surface area contributed by atoms with Crippen LogP contribution < -0.4 is 4.90 Å². The van der Waals surface area contributed by atoms with E-state index < -0.39 is 22.8 Å². The second-order valence-corrected chi connectivity index (χ2v) is 11.3. The summed E-state index contributed by atoms with van der Waals surface area (Å²) in [6.45, 7) is 5.47. The molecule has 2 amide bonds. The van der Waals surface area contributed by atoms with Crippen LogP contribution in [0, 0.1) is 0 Å². The maximum atomic E-state index is 15.4. The SMILES string of the molecule is CC(C)(C)OC(=O)N1C=CC=CC12C(=O)N(C(c1ccccc1)(c1ccccc1)c1ccccc1)c1ccccc12. The van der Waals surface area contributed by atoms with Crippen LogP contribution in [0.3, 0.4) is 0 Å². The number of anilines is 1. The lowest BCUT2D eigenvalue weighted by molar-refractivity contribution is -0.126. The highest BCUT2D eigenvalue weighted by Crippen LogP contribution is 2.55. The number of ether oxygens (including phenoxy) is 1. The van der Waals surface area contributed by atoms with Gasteiger partial charge in [0.25, 0.3) is 5.91 Å². The predicted octanol–water partition coefficient (Wildman–Crippen LogP) is 7.54. The number of nitrogens with zero attached hydrogens (tertiary/aromatic N) is 2. The predicted molar refractivity (Wildman–Crippen MR) is 161 cm³/mol. The highest BCUT2D eigenvalue weighted by molar-refractivity contribution is 6.13. The quantitative estimate of drug-likeness (QED) is 0.251. The summed E-state index contributed by atoms with van der Waals surface area (Å²) in [6.07, 6.45) is 6.44. The van der Waals surface area contributed by atoms with Crippen molar-refractivity contribution in [3.8, 4) is 0 Å². The summed E-state index contributed by atoms with van der Waals surface area (Å²) in [5, 5.41) is 0. The maximum Gasteiger partial charge on any atom is 0.415 e. The highest BCUT2D eigenvalue weighted by atomic mass is 16.6. The van der Waals surface area contributed by atoms with E-state index in [1.807, 2.05) is 117 Å². The zero-order valence-electron chi connectivity index (χ0n) is 23.4. The minimum atomic E-state index is -1.43. The molecule has 204 valence electrons. The van der Waals surface area contributed by atoms with Crippen molar-refractivity contribution in [1.82, 2.24) is 4.90 Å². The van der Waals surface area contributed by atoms with E-state index in [1.165, 1.54) is 4.90 Å². The first-order valence-corrected chi connectivity index (χ1v) is 13.8. The first-order valence-electron chi connectivity index (χ1n) is 13.8. The molecule has 0 N–H and O–H groups in total. The molecule has 5 nitrogen and oxygen atoms in total. The number of para-hydroxylation sites is 1. The highest BCUT2D eigenvalue weighted by Gasteiger charge is 2.61. The third-order valence-electron chi connectivity index (χ3n) is 7.65. The first kappa shape index (κ1) is 26.3. The molecule has 2 heterocycles. The summed E-state index contributed by atoms with van der Waals surface area (Å²) in [7, 11) is 0. The lowest BCUT2D eigenvalue weighted by Crippen LogP contribution is -2.58. The summed E-state index contributed by atoms with van der Waals surface area (Å²) in [5.74, 6) is -0.248. The number of amides is 2. The molecule has 1 spiro atoms. The molecule has 0 bridgehead atoms. The standard InChI is InChI=1S/C36H32N2O3/c1-34(2,3)41-33(40)37-26-16-15-25-35(37)30-23-13-14-24-31(30)38(32(35)39)36(27-17-7-4-8-18-27,28-19-9-5-10-20-28)29-21-11-6-12-22-29/h4-26H,1-3H3. The van der Waals surface area contributed by atoms with Crippen LogP contribution in [0.2, 0.25) is 0 Å². The molecule has 4 aromatic rings. The van der Waals surface area contributed by atoms with E-state index in [1.54, 1.807) is 12.3 Å². The van der Waals surface area contributed by atoms with Crippen LogP contribution in [0.15, 0.2) is 140 Å². The van der Waals surface area contributed by atoms with Crippen LogP contribution >= 0.6 is 0 Å². The molecule has 0 saturated carbocycles. The zero-order valence-corrected chi connectivity index (χ0v) is 23.4. The van der Waals surface area contributed by atoms with Gasteiger partial charge in [0.05, 0.1) is 5.69 Å². The number of hydrogen-bond donors (Lipinski definition) is 0. The first-order chi connectivity index (χ1) is 19.8. The molecule has 1 unspecified atom stereocenters. The molecule has 0 saturated heterocycles. The Morgan fingerprint density at radius 2 is 1.17 bits per heavy atom. The fourth-order valence-electron chi connectivity index (χ4n) is 6.08. The lowest BCUT2D eigenvalue weighted by Gasteiger charge is -2.45. The third-order valence-corrected chi connectivity index (χ3v) is 7.65. The Morgan fingerprint density at radius 1 is 0.683 bits per heavy atom. The monoisotopic (exact) mass is 540 g/mol. The van der Waals surface area contributed by atoms with Crippen LogP contribution in [-0.4, -0.2) is 22.5 Å². The molecular formula is C36H32N2O3. The molecule has 0 radical (unpaired) electrons. The number of fused-ring (bicyclic) bond motifs is 2. The number of carbonyl (C=O) groups excluding carboxylic acids is 2. The summed E-state index contributed by atoms with van der Waals surface area (Å²) >= 11 is 0. The molecule has 6 rings (SSSR count). The van der Waals surface area contributed by atoms with E-state index >= 15 is 4.79 Å². The Morgan fingerprint density at radius 3 is 1.68 bits per heavy atom. The number of hydrogen-bond acceptors (Lipinski definition) is 3. The minimum absolute atomic E-state index is 0.248. The van der Waals surface area contributed by atoms with Gasteiger partial charge in [0.2, 0.25) is 0 Å². The third kappa shape index (κ3) is 4.08. The normalized spacial score (nSPS) is 18.1. The van der Waals surface area contributed by atoms with E-state index in [4.69, 9.17) is 4.74 Å². The van der Waals surface area contributed by atoms with Crippen molar-refractivity contribution in [3.63, 3.8) is 0 Å². The molecule has 0 fully saturated rings. The fraction of sp³-hybridized carbons (Fsp3) is 0.167. The Hall–Kier alpha value is -4.90. The summed E-state index contributed by atoms with van der Waals surface area (Å²) in [5.41, 5.74) is 0.999. The van der Waals surface area contributed by atoms with Crippen LogP contribution in [-0.2, 0) is 20.6 Å². The van der Waals surface area contributed by atoms with E-state index in [-0.39, 0.29) is 5.91 Å². The van der Waals surface area contributed by atoms with Crippen LogP contribution in [0.5, 0.6) is 0 Å². The second-order valence-electron chi connectivity index (χ2n) is 11.3. The van der Waals surface area contributed by atoms with Gasteiger partial charge in [-0.15, -0.1) is 0 Å². The molecule has 1 atom stereocenters. The Labute approximate surface area is 241 Å². The van der Waals surface area contributed by atoms with Gasteiger partial charge in [-0.05, 0) is 55.7 Å². The van der Waals surface area contributed by atoms with Gasteiger partial charge >= 0.3 is 6.09 Å². The van der Waals surface area contributed by atoms with Gasteiger partial charge in [0, 0.05) is 11.8 Å². The molecule has 0 aliphatic carbocycles. The largest absolute Gasteiger partial charge is 0.443 e. The molecule has 0 aromatic heterocycles. The van der Waals surface area contributed by atoms with E-state index in [2.05, 4.69) is 36.4 Å². The Balaban J connectivity index is 1.68. The number of benzene rings is 4. The van der Waals surface area contributed by atoms with Gasteiger partial charge in [0.1, 0.15) is 11.1 Å². The fourth-order valence-corrected chi connectivity index (χ4v) is 6.08. The molecule has 2 aliphatic heterocycles. The number of rotatable bonds is 4. The van der Waals surface area contributed by atoms with E-state index in [9.17, 15) is 4.79 Å². The van der Waals surface area contributed by atoms with Gasteiger partial charge < -0.3 is 4.74 Å². The van der Waals surface area contributed by atoms with Crippen molar-refractivity contribution in [1.29, 1.82) is 0 Å². The van der Waals surface area contributed by atoms with Crippen LogP contribution in [0.1, 0.15) is 43.0 Å².